The van der Waals surface area contributed by atoms with Crippen LogP contribution in [-0.4, -0.2) is 12.5 Å². The van der Waals surface area contributed by atoms with Gasteiger partial charge in [0.25, 0.3) is 0 Å². The standard InChI is InChI=1S/C13H18BrClO/c1-4-16-12-6-5-10(14)9-11(12)13(2,3)7-8-15/h5-6,9H,4,7-8H2,1-3H3. The predicted octanol–water partition coefficient (Wildman–Crippen LogP) is 4.75. The van der Waals surface area contributed by atoms with E-state index in [1.165, 1.54) is 5.56 Å². The molecule has 0 unspecified atom stereocenters. The normalized spacial score (nSPS) is 11.6. The summed E-state index contributed by atoms with van der Waals surface area (Å²) < 4.78 is 6.74. The molecule has 0 aromatic heterocycles. The van der Waals surface area contributed by atoms with E-state index in [0.29, 0.717) is 12.5 Å². The molecule has 0 bridgehead atoms. The van der Waals surface area contributed by atoms with Gasteiger partial charge in [-0.2, -0.15) is 0 Å². The Labute approximate surface area is 111 Å². The highest BCUT2D eigenvalue weighted by atomic mass is 79.9. The van der Waals surface area contributed by atoms with E-state index < -0.39 is 0 Å². The number of benzene rings is 1. The van der Waals surface area contributed by atoms with E-state index >= 15 is 0 Å². The Morgan fingerprint density at radius 1 is 1.38 bits per heavy atom. The molecule has 0 saturated heterocycles. The number of alkyl halides is 1. The maximum absolute atomic E-state index is 5.85. The molecule has 0 radical (unpaired) electrons. The van der Waals surface area contributed by atoms with Gasteiger partial charge in [-0.1, -0.05) is 29.8 Å². The van der Waals surface area contributed by atoms with Crippen LogP contribution < -0.4 is 4.74 Å². The van der Waals surface area contributed by atoms with Crippen LogP contribution in [0.5, 0.6) is 5.75 Å². The molecule has 1 nitrogen and oxygen atoms in total. The number of halogens is 2. The smallest absolute Gasteiger partial charge is 0.123 e. The fraction of sp³-hybridized carbons (Fsp3) is 0.538. The molecule has 1 aromatic carbocycles. The molecule has 16 heavy (non-hydrogen) atoms. The third-order valence-corrected chi connectivity index (χ3v) is 3.37. The lowest BCUT2D eigenvalue weighted by atomic mass is 9.81. The van der Waals surface area contributed by atoms with Gasteiger partial charge in [0.1, 0.15) is 5.75 Å². The second-order valence-electron chi connectivity index (χ2n) is 4.40. The highest BCUT2D eigenvalue weighted by Crippen LogP contribution is 2.36. The summed E-state index contributed by atoms with van der Waals surface area (Å²) in [5.74, 6) is 1.62. The first-order valence-electron chi connectivity index (χ1n) is 5.50. The van der Waals surface area contributed by atoms with Gasteiger partial charge in [-0.25, -0.2) is 0 Å². The van der Waals surface area contributed by atoms with E-state index in [4.69, 9.17) is 16.3 Å². The summed E-state index contributed by atoms with van der Waals surface area (Å²) >= 11 is 9.36. The van der Waals surface area contributed by atoms with Crippen LogP contribution in [0.3, 0.4) is 0 Å². The van der Waals surface area contributed by atoms with Crippen molar-refractivity contribution in [2.24, 2.45) is 0 Å². The molecule has 1 aromatic rings. The average molecular weight is 306 g/mol. The quantitative estimate of drug-likeness (QED) is 0.713. The maximum atomic E-state index is 5.85. The zero-order valence-corrected chi connectivity index (χ0v) is 12.4. The average Bonchev–Trinajstić information content (AvgIpc) is 2.21. The molecule has 90 valence electrons. The zero-order chi connectivity index (χ0) is 12.2. The van der Waals surface area contributed by atoms with Crippen molar-refractivity contribution < 1.29 is 4.74 Å². The van der Waals surface area contributed by atoms with Crippen molar-refractivity contribution in [2.75, 3.05) is 12.5 Å². The molecule has 0 aliphatic rings. The van der Waals surface area contributed by atoms with E-state index in [-0.39, 0.29) is 5.41 Å². The summed E-state index contributed by atoms with van der Waals surface area (Å²) in [4.78, 5) is 0. The molecule has 1 rings (SSSR count). The van der Waals surface area contributed by atoms with Gasteiger partial charge in [0.2, 0.25) is 0 Å². The van der Waals surface area contributed by atoms with Crippen molar-refractivity contribution in [1.82, 2.24) is 0 Å². The van der Waals surface area contributed by atoms with Crippen LogP contribution in [0.25, 0.3) is 0 Å². The minimum atomic E-state index is 0.0377. The number of hydrogen-bond donors (Lipinski definition) is 0. The van der Waals surface area contributed by atoms with Crippen LogP contribution in [0.1, 0.15) is 32.8 Å². The van der Waals surface area contributed by atoms with Crippen molar-refractivity contribution in [3.05, 3.63) is 28.2 Å². The molecule has 0 saturated carbocycles. The highest BCUT2D eigenvalue weighted by molar-refractivity contribution is 9.10. The van der Waals surface area contributed by atoms with Gasteiger partial charge in [0.05, 0.1) is 6.61 Å². The molecule has 0 spiro atoms. The Hall–Kier alpha value is -0.210. The Bertz CT molecular complexity index is 350. The zero-order valence-electron chi connectivity index (χ0n) is 10.0. The van der Waals surface area contributed by atoms with E-state index in [1.807, 2.05) is 19.1 Å². The molecule has 0 fully saturated rings. The van der Waals surface area contributed by atoms with Crippen LogP contribution in [0.2, 0.25) is 0 Å². The fourth-order valence-corrected chi connectivity index (χ4v) is 2.52. The first kappa shape index (κ1) is 13.9. The van der Waals surface area contributed by atoms with Gasteiger partial charge in [-0.3, -0.25) is 0 Å². The first-order valence-corrected chi connectivity index (χ1v) is 6.83. The molecule has 3 heteroatoms. The topological polar surface area (TPSA) is 9.23 Å². The van der Waals surface area contributed by atoms with Gasteiger partial charge in [-0.05, 0) is 37.0 Å². The SMILES string of the molecule is CCOc1ccc(Br)cc1C(C)(C)CCCl. The lowest BCUT2D eigenvalue weighted by molar-refractivity contribution is 0.326. The summed E-state index contributed by atoms with van der Waals surface area (Å²) in [7, 11) is 0. The molecule has 0 N–H and O–H groups in total. The van der Waals surface area contributed by atoms with Crippen molar-refractivity contribution >= 4 is 27.5 Å². The minimum Gasteiger partial charge on any atom is -0.494 e. The van der Waals surface area contributed by atoms with Crippen molar-refractivity contribution in [2.45, 2.75) is 32.6 Å². The van der Waals surface area contributed by atoms with Crippen LogP contribution in [0, 0.1) is 0 Å². The number of hydrogen-bond acceptors (Lipinski definition) is 1. The molecule has 0 heterocycles. The van der Waals surface area contributed by atoms with Crippen molar-refractivity contribution in [3.63, 3.8) is 0 Å². The summed E-state index contributed by atoms with van der Waals surface area (Å²) in [6.45, 7) is 7.07. The Kier molecular flexibility index (Phi) is 5.13. The monoisotopic (exact) mass is 304 g/mol. The van der Waals surface area contributed by atoms with Crippen LogP contribution >= 0.6 is 27.5 Å². The summed E-state index contributed by atoms with van der Waals surface area (Å²) in [5.41, 5.74) is 1.25. The van der Waals surface area contributed by atoms with Crippen LogP contribution in [0.15, 0.2) is 22.7 Å². The van der Waals surface area contributed by atoms with E-state index in [1.54, 1.807) is 0 Å². The van der Waals surface area contributed by atoms with Gasteiger partial charge in [-0.15, -0.1) is 11.6 Å². The molecule has 0 atom stereocenters. The van der Waals surface area contributed by atoms with Crippen LogP contribution in [0.4, 0.5) is 0 Å². The first-order chi connectivity index (χ1) is 7.51. The van der Waals surface area contributed by atoms with E-state index in [2.05, 4.69) is 35.8 Å². The third-order valence-electron chi connectivity index (χ3n) is 2.69. The van der Waals surface area contributed by atoms with Crippen molar-refractivity contribution in [1.29, 1.82) is 0 Å². The second kappa shape index (κ2) is 5.92. The van der Waals surface area contributed by atoms with Gasteiger partial charge in [0.15, 0.2) is 0 Å². The number of rotatable bonds is 5. The van der Waals surface area contributed by atoms with Gasteiger partial charge >= 0.3 is 0 Å². The van der Waals surface area contributed by atoms with Gasteiger partial charge < -0.3 is 4.74 Å². The molecular formula is C13H18BrClO. The van der Waals surface area contributed by atoms with E-state index in [9.17, 15) is 0 Å². The Morgan fingerprint density at radius 2 is 2.06 bits per heavy atom. The highest BCUT2D eigenvalue weighted by Gasteiger charge is 2.24. The maximum Gasteiger partial charge on any atom is 0.123 e. The third kappa shape index (κ3) is 3.39. The van der Waals surface area contributed by atoms with Gasteiger partial charge in [0, 0.05) is 15.9 Å². The molecule has 0 aliphatic heterocycles. The summed E-state index contributed by atoms with van der Waals surface area (Å²) in [6, 6.07) is 6.14. The Balaban J connectivity index is 3.12. The van der Waals surface area contributed by atoms with Crippen molar-refractivity contribution in [3.8, 4) is 5.75 Å². The largest absolute Gasteiger partial charge is 0.494 e. The molecule has 0 aliphatic carbocycles. The molecule has 0 amide bonds. The Morgan fingerprint density at radius 3 is 2.62 bits per heavy atom. The minimum absolute atomic E-state index is 0.0377. The number of ether oxygens (including phenoxy) is 1. The predicted molar refractivity (Wildman–Crippen MR) is 73.7 cm³/mol. The summed E-state index contributed by atoms with van der Waals surface area (Å²) in [5, 5.41) is 0. The van der Waals surface area contributed by atoms with Crippen LogP contribution in [-0.2, 0) is 5.41 Å². The molecular weight excluding hydrogens is 287 g/mol. The fourth-order valence-electron chi connectivity index (χ4n) is 1.68. The lowest BCUT2D eigenvalue weighted by Gasteiger charge is -2.27. The lowest BCUT2D eigenvalue weighted by Crippen LogP contribution is -2.19. The second-order valence-corrected chi connectivity index (χ2v) is 5.69. The summed E-state index contributed by atoms with van der Waals surface area (Å²) in [6.07, 6.45) is 0.936. The van der Waals surface area contributed by atoms with E-state index in [0.717, 1.165) is 16.6 Å².